The molecule has 0 unspecified atom stereocenters. The molecule has 1 fully saturated rings. The molecule has 9 nitrogen and oxygen atoms in total. The molecule has 1 saturated carbocycles. The fraction of sp³-hybridized carbons (Fsp3) is 0.350. The van der Waals surface area contributed by atoms with Crippen LogP contribution in [0.2, 0.25) is 0 Å². The number of fused-ring (bicyclic) bond motifs is 1. The van der Waals surface area contributed by atoms with Crippen molar-refractivity contribution in [2.24, 2.45) is 12.5 Å². The standard InChI is InChI=1S/C20H22N6O3/c1-25-9-10-26-15(23-24-16(26)19(25)29)12-21-17(27)18(28)22-13-20(7-8-20)11-14-5-3-2-4-6-14/h2-6,9-10H,7-8,11-13H2,1H3,(H,21,27)(H,22,28). The summed E-state index contributed by atoms with van der Waals surface area (Å²) in [5.41, 5.74) is 1.15. The van der Waals surface area contributed by atoms with E-state index in [1.807, 2.05) is 18.2 Å². The zero-order valence-electron chi connectivity index (χ0n) is 16.1. The number of hydrogen-bond acceptors (Lipinski definition) is 5. The average molecular weight is 394 g/mol. The summed E-state index contributed by atoms with van der Waals surface area (Å²) in [6.45, 7) is 0.466. The molecular weight excluding hydrogens is 372 g/mol. The Kier molecular flexibility index (Phi) is 4.87. The molecule has 1 aliphatic carbocycles. The molecule has 3 aromatic rings. The van der Waals surface area contributed by atoms with E-state index in [4.69, 9.17) is 0 Å². The predicted molar refractivity (Wildman–Crippen MR) is 105 cm³/mol. The monoisotopic (exact) mass is 394 g/mol. The summed E-state index contributed by atoms with van der Waals surface area (Å²) in [4.78, 5) is 36.3. The number of carbonyl (C=O) groups is 2. The Balaban J connectivity index is 1.31. The van der Waals surface area contributed by atoms with Gasteiger partial charge in [0.15, 0.2) is 5.82 Å². The molecule has 2 heterocycles. The van der Waals surface area contributed by atoms with E-state index < -0.39 is 11.8 Å². The number of nitrogens with zero attached hydrogens (tertiary/aromatic N) is 4. The van der Waals surface area contributed by atoms with Gasteiger partial charge in [0, 0.05) is 26.0 Å². The van der Waals surface area contributed by atoms with E-state index in [1.54, 1.807) is 19.4 Å². The van der Waals surface area contributed by atoms with Gasteiger partial charge in [-0.05, 0) is 30.2 Å². The minimum atomic E-state index is -0.735. The molecule has 0 atom stereocenters. The Morgan fingerprint density at radius 2 is 1.79 bits per heavy atom. The lowest BCUT2D eigenvalue weighted by Gasteiger charge is -2.16. The minimum Gasteiger partial charge on any atom is -0.347 e. The van der Waals surface area contributed by atoms with E-state index in [0.717, 1.165) is 19.3 Å². The van der Waals surface area contributed by atoms with Crippen molar-refractivity contribution >= 4 is 17.5 Å². The van der Waals surface area contributed by atoms with E-state index in [-0.39, 0.29) is 23.2 Å². The lowest BCUT2D eigenvalue weighted by Crippen LogP contribution is -2.42. The third-order valence-corrected chi connectivity index (χ3v) is 5.33. The highest BCUT2D eigenvalue weighted by Gasteiger charge is 2.42. The molecule has 1 aliphatic rings. The van der Waals surface area contributed by atoms with Crippen LogP contribution in [-0.4, -0.2) is 37.5 Å². The Labute approximate surface area is 166 Å². The maximum Gasteiger partial charge on any atom is 0.309 e. The second-order valence-electron chi connectivity index (χ2n) is 7.55. The van der Waals surface area contributed by atoms with Gasteiger partial charge in [-0.2, -0.15) is 0 Å². The first-order chi connectivity index (χ1) is 14.0. The zero-order chi connectivity index (χ0) is 20.4. The van der Waals surface area contributed by atoms with Crippen LogP contribution in [0, 0.1) is 5.41 Å². The summed E-state index contributed by atoms with van der Waals surface area (Å²) >= 11 is 0. The molecule has 0 aliphatic heterocycles. The molecule has 2 amide bonds. The summed E-state index contributed by atoms with van der Waals surface area (Å²) in [6, 6.07) is 10.1. The van der Waals surface area contributed by atoms with Gasteiger partial charge >= 0.3 is 11.8 Å². The predicted octanol–water partition coefficient (Wildman–Crippen LogP) is 0.183. The second-order valence-corrected chi connectivity index (χ2v) is 7.55. The Hall–Kier alpha value is -3.49. The van der Waals surface area contributed by atoms with Gasteiger partial charge in [0.05, 0.1) is 6.54 Å². The van der Waals surface area contributed by atoms with Gasteiger partial charge < -0.3 is 15.2 Å². The fourth-order valence-electron chi connectivity index (χ4n) is 3.35. The number of benzene rings is 1. The Bertz CT molecular complexity index is 1110. The van der Waals surface area contributed by atoms with Gasteiger partial charge in [-0.3, -0.25) is 18.8 Å². The van der Waals surface area contributed by atoms with Crippen LogP contribution in [0.3, 0.4) is 0 Å². The van der Waals surface area contributed by atoms with Crippen LogP contribution >= 0.6 is 0 Å². The van der Waals surface area contributed by atoms with E-state index in [0.29, 0.717) is 12.4 Å². The number of aromatic nitrogens is 4. The first-order valence-electron chi connectivity index (χ1n) is 9.47. The fourth-order valence-corrected chi connectivity index (χ4v) is 3.35. The number of aryl methyl sites for hydroxylation is 1. The number of nitrogens with one attached hydrogen (secondary N) is 2. The molecule has 0 bridgehead atoms. The summed E-state index contributed by atoms with van der Waals surface area (Å²) in [7, 11) is 1.62. The van der Waals surface area contributed by atoms with Crippen molar-refractivity contribution in [2.45, 2.75) is 25.8 Å². The van der Waals surface area contributed by atoms with Crippen LogP contribution in [0.1, 0.15) is 24.2 Å². The van der Waals surface area contributed by atoms with Crippen molar-refractivity contribution in [1.82, 2.24) is 29.8 Å². The topological polar surface area (TPSA) is 110 Å². The Morgan fingerprint density at radius 3 is 2.52 bits per heavy atom. The van der Waals surface area contributed by atoms with Crippen LogP contribution in [0.15, 0.2) is 47.5 Å². The van der Waals surface area contributed by atoms with Crippen LogP contribution in [0.5, 0.6) is 0 Å². The van der Waals surface area contributed by atoms with Crippen molar-refractivity contribution in [3.8, 4) is 0 Å². The molecule has 0 saturated heterocycles. The SMILES string of the molecule is Cn1ccn2c(CNC(=O)C(=O)NCC3(Cc4ccccc4)CC3)nnc2c1=O. The lowest BCUT2D eigenvalue weighted by molar-refractivity contribution is -0.139. The third-order valence-electron chi connectivity index (χ3n) is 5.33. The van der Waals surface area contributed by atoms with Crippen molar-refractivity contribution in [1.29, 1.82) is 0 Å². The van der Waals surface area contributed by atoms with Crippen molar-refractivity contribution in [2.75, 3.05) is 6.54 Å². The van der Waals surface area contributed by atoms with Crippen molar-refractivity contribution in [3.05, 3.63) is 64.5 Å². The maximum atomic E-state index is 12.2. The molecule has 1 aromatic carbocycles. The van der Waals surface area contributed by atoms with E-state index >= 15 is 0 Å². The van der Waals surface area contributed by atoms with Crippen LogP contribution in [0.4, 0.5) is 0 Å². The second kappa shape index (κ2) is 7.50. The van der Waals surface area contributed by atoms with Crippen LogP contribution in [0.25, 0.3) is 5.65 Å². The minimum absolute atomic E-state index is 0.00422. The molecule has 0 spiro atoms. The van der Waals surface area contributed by atoms with Gasteiger partial charge in [0.25, 0.3) is 5.56 Å². The third kappa shape index (κ3) is 4.03. The lowest BCUT2D eigenvalue weighted by atomic mass is 9.96. The molecule has 0 radical (unpaired) electrons. The first-order valence-corrected chi connectivity index (χ1v) is 9.47. The van der Waals surface area contributed by atoms with Gasteiger partial charge in [-0.1, -0.05) is 30.3 Å². The summed E-state index contributed by atoms with van der Waals surface area (Å²) in [5.74, 6) is -1.03. The van der Waals surface area contributed by atoms with Gasteiger partial charge in [0.1, 0.15) is 0 Å². The van der Waals surface area contributed by atoms with Gasteiger partial charge in [0.2, 0.25) is 5.65 Å². The molecule has 2 N–H and O–H groups in total. The molecule has 4 rings (SSSR count). The van der Waals surface area contributed by atoms with Crippen LogP contribution < -0.4 is 16.2 Å². The summed E-state index contributed by atoms with van der Waals surface area (Å²) < 4.78 is 2.89. The normalized spacial score (nSPS) is 14.5. The highest BCUT2D eigenvalue weighted by Crippen LogP contribution is 2.47. The zero-order valence-corrected chi connectivity index (χ0v) is 16.1. The summed E-state index contributed by atoms with van der Waals surface area (Å²) in [5, 5.41) is 13.0. The molecule has 150 valence electrons. The molecule has 29 heavy (non-hydrogen) atoms. The quantitative estimate of drug-likeness (QED) is 0.580. The highest BCUT2D eigenvalue weighted by atomic mass is 16.2. The number of carbonyl (C=O) groups excluding carboxylic acids is 2. The van der Waals surface area contributed by atoms with Gasteiger partial charge in [-0.15, -0.1) is 10.2 Å². The molecule has 2 aromatic heterocycles. The largest absolute Gasteiger partial charge is 0.347 e. The molecular formula is C20H22N6O3. The number of amides is 2. The van der Waals surface area contributed by atoms with Crippen molar-refractivity contribution in [3.63, 3.8) is 0 Å². The number of rotatable bonds is 6. The molecule has 9 heteroatoms. The first kappa shape index (κ1) is 18.9. The smallest absolute Gasteiger partial charge is 0.309 e. The van der Waals surface area contributed by atoms with Gasteiger partial charge in [-0.25, -0.2) is 0 Å². The van der Waals surface area contributed by atoms with E-state index in [2.05, 4.69) is 33.0 Å². The van der Waals surface area contributed by atoms with E-state index in [1.165, 1.54) is 14.5 Å². The highest BCUT2D eigenvalue weighted by molar-refractivity contribution is 6.35. The summed E-state index contributed by atoms with van der Waals surface area (Å²) in [6.07, 6.45) is 6.17. The number of hydrogen-bond donors (Lipinski definition) is 2. The van der Waals surface area contributed by atoms with Crippen LogP contribution in [-0.2, 0) is 29.6 Å². The Morgan fingerprint density at radius 1 is 1.07 bits per heavy atom. The average Bonchev–Trinajstić information content (AvgIpc) is 3.36. The van der Waals surface area contributed by atoms with Crippen molar-refractivity contribution < 1.29 is 9.59 Å². The van der Waals surface area contributed by atoms with E-state index in [9.17, 15) is 14.4 Å². The maximum absolute atomic E-state index is 12.2.